The molecule has 2 N–H and O–H groups in total. The van der Waals surface area contributed by atoms with Gasteiger partial charge in [0.2, 0.25) is 0 Å². The average molecular weight is 329 g/mol. The summed E-state index contributed by atoms with van der Waals surface area (Å²) in [6.07, 6.45) is 9.85. The van der Waals surface area contributed by atoms with Crippen LogP contribution in [-0.2, 0) is 6.42 Å². The van der Waals surface area contributed by atoms with Crippen LogP contribution in [0.2, 0.25) is 0 Å². The third-order valence-corrected chi connectivity index (χ3v) is 4.66. The van der Waals surface area contributed by atoms with E-state index in [1.807, 2.05) is 6.92 Å². The second kappa shape index (κ2) is 7.60. The fourth-order valence-electron chi connectivity index (χ4n) is 3.48. The summed E-state index contributed by atoms with van der Waals surface area (Å²) in [6, 6.07) is 4.14. The maximum Gasteiger partial charge on any atom is 0.124 e. The smallest absolute Gasteiger partial charge is 0.124 e. The number of hydrogen-bond acceptors (Lipinski definition) is 3. The Balaban J connectivity index is 1.91. The van der Waals surface area contributed by atoms with Gasteiger partial charge in [-0.25, -0.2) is 9.37 Å². The van der Waals surface area contributed by atoms with E-state index in [-0.39, 0.29) is 23.5 Å². The fraction of sp³-hybridized carbons (Fsp3) is 0.474. The van der Waals surface area contributed by atoms with E-state index >= 15 is 0 Å². The summed E-state index contributed by atoms with van der Waals surface area (Å²) in [5, 5.41) is 10.2. The van der Waals surface area contributed by atoms with E-state index in [1.54, 1.807) is 12.5 Å². The van der Waals surface area contributed by atoms with Crippen LogP contribution in [0.15, 0.2) is 35.7 Å². The van der Waals surface area contributed by atoms with Gasteiger partial charge >= 0.3 is 0 Å². The van der Waals surface area contributed by atoms with Crippen LogP contribution in [0.4, 0.5) is 4.39 Å². The van der Waals surface area contributed by atoms with Gasteiger partial charge in [0.15, 0.2) is 0 Å². The Kier molecular flexibility index (Phi) is 5.28. The maximum absolute atomic E-state index is 13.7. The van der Waals surface area contributed by atoms with Gasteiger partial charge in [-0.3, -0.25) is 4.99 Å². The minimum absolute atomic E-state index is 0.0324. The predicted molar refractivity (Wildman–Crippen MR) is 92.9 cm³/mol. The third-order valence-electron chi connectivity index (χ3n) is 4.66. The van der Waals surface area contributed by atoms with Gasteiger partial charge in [0.05, 0.1) is 12.4 Å². The Hall–Kier alpha value is -2.17. The van der Waals surface area contributed by atoms with Gasteiger partial charge in [0.1, 0.15) is 11.6 Å². The number of nitrogens with zero attached hydrogens (tertiary/aromatic N) is 2. The van der Waals surface area contributed by atoms with Crippen molar-refractivity contribution < 1.29 is 9.50 Å². The number of aromatic nitrogens is 2. The minimum Gasteiger partial charge on any atom is -0.507 e. The number of benzene rings is 1. The van der Waals surface area contributed by atoms with Crippen LogP contribution in [0.25, 0.3) is 0 Å². The number of H-pyrrole nitrogens is 1. The second-order valence-electron chi connectivity index (χ2n) is 6.64. The van der Waals surface area contributed by atoms with Crippen LogP contribution in [0.5, 0.6) is 5.75 Å². The van der Waals surface area contributed by atoms with Crippen molar-refractivity contribution in [3.05, 3.63) is 47.8 Å². The van der Waals surface area contributed by atoms with Crippen LogP contribution in [-0.4, -0.2) is 26.8 Å². The molecule has 1 aliphatic rings. The Bertz CT molecular complexity index is 691. The number of hydrogen-bond donors (Lipinski definition) is 2. The molecule has 5 heteroatoms. The number of imidazole rings is 1. The zero-order valence-electron chi connectivity index (χ0n) is 14.0. The molecule has 128 valence electrons. The highest BCUT2D eigenvalue weighted by Crippen LogP contribution is 2.31. The number of phenols is 1. The van der Waals surface area contributed by atoms with Gasteiger partial charge in [0.25, 0.3) is 0 Å². The van der Waals surface area contributed by atoms with E-state index in [1.165, 1.54) is 24.6 Å². The van der Waals surface area contributed by atoms with Crippen molar-refractivity contribution >= 4 is 5.71 Å². The molecular formula is C19H24FN3O. The summed E-state index contributed by atoms with van der Waals surface area (Å²) in [5.74, 6) is 0.0534. The first-order valence-electron chi connectivity index (χ1n) is 8.67. The first-order chi connectivity index (χ1) is 11.6. The summed E-state index contributed by atoms with van der Waals surface area (Å²) in [5.41, 5.74) is 2.41. The first kappa shape index (κ1) is 16.7. The number of nitrogens with one attached hydrogen (secondary N) is 1. The number of phenolic OH excluding ortho intramolecular Hbond substituents is 1. The van der Waals surface area contributed by atoms with Crippen LogP contribution >= 0.6 is 0 Å². The molecular weight excluding hydrogens is 305 g/mol. The predicted octanol–water partition coefficient (Wildman–Crippen LogP) is 4.26. The Morgan fingerprint density at radius 1 is 1.38 bits per heavy atom. The quantitative estimate of drug-likeness (QED) is 0.805. The fourth-order valence-corrected chi connectivity index (χ4v) is 3.48. The summed E-state index contributed by atoms with van der Waals surface area (Å²) >= 11 is 0. The van der Waals surface area contributed by atoms with E-state index in [0.717, 1.165) is 43.5 Å². The van der Waals surface area contributed by atoms with E-state index < -0.39 is 0 Å². The van der Waals surface area contributed by atoms with Crippen LogP contribution in [0.3, 0.4) is 0 Å². The number of aliphatic imine (C=N–C) groups is 1. The third kappa shape index (κ3) is 4.02. The number of rotatable bonds is 5. The number of halogens is 1. The lowest BCUT2D eigenvalue weighted by Gasteiger charge is -2.25. The van der Waals surface area contributed by atoms with Crippen LogP contribution < -0.4 is 0 Å². The minimum atomic E-state index is -0.340. The van der Waals surface area contributed by atoms with Crippen molar-refractivity contribution in [1.82, 2.24) is 9.97 Å². The SMILES string of the molecule is C[C@H](Cc1cnc[nH]1)N=C(c1cc(F)ccc1O)C1CCCCC1. The number of aromatic hydroxyl groups is 1. The van der Waals surface area contributed by atoms with E-state index in [9.17, 15) is 9.50 Å². The molecule has 3 rings (SSSR count). The topological polar surface area (TPSA) is 61.3 Å². The maximum atomic E-state index is 13.7. The zero-order chi connectivity index (χ0) is 16.9. The highest BCUT2D eigenvalue weighted by Gasteiger charge is 2.24. The molecule has 0 aliphatic heterocycles. The molecule has 0 amide bonds. The second-order valence-corrected chi connectivity index (χ2v) is 6.64. The monoisotopic (exact) mass is 329 g/mol. The van der Waals surface area contributed by atoms with Gasteiger partial charge in [0, 0.05) is 35.5 Å². The molecule has 1 atom stereocenters. The van der Waals surface area contributed by atoms with Gasteiger partial charge in [-0.15, -0.1) is 0 Å². The Morgan fingerprint density at radius 3 is 2.88 bits per heavy atom. The average Bonchev–Trinajstić information content (AvgIpc) is 3.09. The molecule has 1 aliphatic carbocycles. The van der Waals surface area contributed by atoms with Gasteiger partial charge in [-0.05, 0) is 38.0 Å². The van der Waals surface area contributed by atoms with E-state index in [2.05, 4.69) is 9.97 Å². The van der Waals surface area contributed by atoms with Crippen LogP contribution in [0.1, 0.15) is 50.3 Å². The molecule has 0 radical (unpaired) electrons. The van der Waals surface area contributed by atoms with Crippen molar-refractivity contribution in [3.63, 3.8) is 0 Å². The molecule has 1 saturated carbocycles. The molecule has 0 bridgehead atoms. The molecule has 24 heavy (non-hydrogen) atoms. The van der Waals surface area contributed by atoms with Gasteiger partial charge in [-0.1, -0.05) is 19.3 Å². The molecule has 0 spiro atoms. The zero-order valence-corrected chi connectivity index (χ0v) is 14.0. The van der Waals surface area contributed by atoms with E-state index in [4.69, 9.17) is 4.99 Å². The largest absolute Gasteiger partial charge is 0.507 e. The lowest BCUT2D eigenvalue weighted by molar-refractivity contribution is 0.434. The molecule has 4 nitrogen and oxygen atoms in total. The highest BCUT2D eigenvalue weighted by atomic mass is 19.1. The first-order valence-corrected chi connectivity index (χ1v) is 8.67. The van der Waals surface area contributed by atoms with Crippen molar-refractivity contribution in [1.29, 1.82) is 0 Å². The molecule has 1 fully saturated rings. The molecule has 1 aromatic heterocycles. The lowest BCUT2D eigenvalue weighted by Crippen LogP contribution is -2.22. The molecule has 2 aromatic rings. The summed E-state index contributed by atoms with van der Waals surface area (Å²) in [4.78, 5) is 12.0. The molecule has 1 heterocycles. The Morgan fingerprint density at radius 2 is 2.17 bits per heavy atom. The van der Waals surface area contributed by atoms with Crippen molar-refractivity contribution in [3.8, 4) is 5.75 Å². The highest BCUT2D eigenvalue weighted by molar-refractivity contribution is 6.04. The molecule has 0 unspecified atom stereocenters. The summed E-state index contributed by atoms with van der Waals surface area (Å²) in [7, 11) is 0. The molecule has 0 saturated heterocycles. The standard InChI is InChI=1S/C19H24FN3O/c1-13(9-16-11-21-12-22-16)23-19(14-5-3-2-4-6-14)17-10-15(20)7-8-18(17)24/h7-8,10-14,24H,2-6,9H2,1H3,(H,21,22)/t13-/m1/s1. The van der Waals surface area contributed by atoms with Crippen molar-refractivity contribution in [2.75, 3.05) is 0 Å². The van der Waals surface area contributed by atoms with Crippen molar-refractivity contribution in [2.24, 2.45) is 10.9 Å². The van der Waals surface area contributed by atoms with Crippen LogP contribution in [0, 0.1) is 11.7 Å². The summed E-state index contributed by atoms with van der Waals surface area (Å²) in [6.45, 7) is 2.04. The van der Waals surface area contributed by atoms with Gasteiger partial charge < -0.3 is 10.1 Å². The van der Waals surface area contributed by atoms with Crippen molar-refractivity contribution in [2.45, 2.75) is 51.5 Å². The lowest BCUT2D eigenvalue weighted by atomic mass is 9.82. The Labute approximate surface area is 141 Å². The van der Waals surface area contributed by atoms with E-state index in [0.29, 0.717) is 5.56 Å². The number of aromatic amines is 1. The normalized spacial score (nSPS) is 17.8. The van der Waals surface area contributed by atoms with Gasteiger partial charge in [-0.2, -0.15) is 0 Å². The molecule has 1 aromatic carbocycles. The summed E-state index contributed by atoms with van der Waals surface area (Å²) < 4.78 is 13.7.